The number of nitrogens with two attached hydrogens (primary N) is 1. The van der Waals surface area contributed by atoms with Gasteiger partial charge in [-0.15, -0.1) is 0 Å². The fraction of sp³-hybridized carbons (Fsp3) is 0.0667. The SMILES string of the molecule is Cc1cnc(Oc2ccc(N)c3cccnc23)c(Br)c1. The minimum atomic E-state index is 0.507. The van der Waals surface area contributed by atoms with E-state index in [9.17, 15) is 0 Å². The highest BCUT2D eigenvalue weighted by Gasteiger charge is 2.10. The van der Waals surface area contributed by atoms with E-state index in [0.717, 1.165) is 20.9 Å². The number of anilines is 1. The summed E-state index contributed by atoms with van der Waals surface area (Å²) in [5.41, 5.74) is 8.41. The van der Waals surface area contributed by atoms with Gasteiger partial charge in [0.1, 0.15) is 5.52 Å². The molecule has 0 aliphatic heterocycles. The number of aryl methyl sites for hydroxylation is 1. The Morgan fingerprint density at radius 2 is 2.05 bits per heavy atom. The molecule has 0 aliphatic rings. The number of benzene rings is 1. The van der Waals surface area contributed by atoms with E-state index in [1.165, 1.54) is 0 Å². The summed E-state index contributed by atoms with van der Waals surface area (Å²) in [6.45, 7) is 1.97. The van der Waals surface area contributed by atoms with E-state index in [1.54, 1.807) is 24.5 Å². The number of aromatic nitrogens is 2. The van der Waals surface area contributed by atoms with Gasteiger partial charge < -0.3 is 10.5 Å². The molecule has 2 N–H and O–H groups in total. The van der Waals surface area contributed by atoms with Crippen LogP contribution in [-0.2, 0) is 0 Å². The molecule has 0 aliphatic carbocycles. The molecule has 0 spiro atoms. The van der Waals surface area contributed by atoms with Crippen molar-refractivity contribution in [3.63, 3.8) is 0 Å². The molecule has 0 saturated heterocycles. The van der Waals surface area contributed by atoms with Crippen LogP contribution in [0.4, 0.5) is 5.69 Å². The molecule has 4 nitrogen and oxygen atoms in total. The topological polar surface area (TPSA) is 61.0 Å². The Bertz CT molecular complexity index is 789. The van der Waals surface area contributed by atoms with Crippen molar-refractivity contribution in [2.75, 3.05) is 5.73 Å². The third-order valence-corrected chi connectivity index (χ3v) is 3.49. The van der Waals surface area contributed by atoms with Crippen molar-refractivity contribution in [2.45, 2.75) is 6.92 Å². The number of nitrogens with zero attached hydrogens (tertiary/aromatic N) is 2. The fourth-order valence-electron chi connectivity index (χ4n) is 1.95. The first kappa shape index (κ1) is 12.9. The second-order valence-corrected chi connectivity index (χ2v) is 5.31. The number of hydrogen-bond donors (Lipinski definition) is 1. The zero-order chi connectivity index (χ0) is 14.1. The predicted molar refractivity (Wildman–Crippen MR) is 82.9 cm³/mol. The molecular formula is C15H12BrN3O. The second-order valence-electron chi connectivity index (χ2n) is 4.45. The predicted octanol–water partition coefficient (Wildman–Crippen LogP) is 4.08. The van der Waals surface area contributed by atoms with E-state index in [0.29, 0.717) is 17.3 Å². The summed E-state index contributed by atoms with van der Waals surface area (Å²) >= 11 is 3.45. The summed E-state index contributed by atoms with van der Waals surface area (Å²) in [5, 5.41) is 0.869. The number of fused-ring (bicyclic) bond motifs is 1. The van der Waals surface area contributed by atoms with E-state index in [-0.39, 0.29) is 0 Å². The second kappa shape index (κ2) is 5.09. The van der Waals surface area contributed by atoms with E-state index >= 15 is 0 Å². The molecule has 0 bridgehead atoms. The molecule has 100 valence electrons. The lowest BCUT2D eigenvalue weighted by molar-refractivity contribution is 0.463. The quantitative estimate of drug-likeness (QED) is 0.720. The Morgan fingerprint density at radius 1 is 1.20 bits per heavy atom. The molecule has 2 heterocycles. The van der Waals surface area contributed by atoms with Gasteiger partial charge in [0, 0.05) is 23.5 Å². The Balaban J connectivity index is 2.09. The molecule has 2 aromatic heterocycles. The fourth-order valence-corrected chi connectivity index (χ4v) is 2.50. The molecule has 0 saturated carbocycles. The third-order valence-electron chi connectivity index (χ3n) is 2.92. The van der Waals surface area contributed by atoms with E-state index in [2.05, 4.69) is 25.9 Å². The van der Waals surface area contributed by atoms with Gasteiger partial charge in [0.25, 0.3) is 0 Å². The summed E-state index contributed by atoms with van der Waals surface area (Å²) in [6, 6.07) is 9.33. The summed E-state index contributed by atoms with van der Waals surface area (Å²) in [7, 11) is 0. The first-order chi connectivity index (χ1) is 9.65. The van der Waals surface area contributed by atoms with Gasteiger partial charge in [-0.25, -0.2) is 4.98 Å². The Morgan fingerprint density at radius 3 is 2.85 bits per heavy atom. The minimum absolute atomic E-state index is 0.507. The molecule has 0 amide bonds. The van der Waals surface area contributed by atoms with Crippen LogP contribution in [0.5, 0.6) is 11.6 Å². The van der Waals surface area contributed by atoms with Crippen LogP contribution in [0.15, 0.2) is 47.2 Å². The van der Waals surface area contributed by atoms with Crippen molar-refractivity contribution in [1.82, 2.24) is 9.97 Å². The minimum Gasteiger partial charge on any atom is -0.436 e. The average Bonchev–Trinajstić information content (AvgIpc) is 2.45. The molecule has 3 aromatic rings. The maximum Gasteiger partial charge on any atom is 0.233 e. The van der Waals surface area contributed by atoms with Gasteiger partial charge in [0.15, 0.2) is 5.75 Å². The Hall–Kier alpha value is -2.14. The molecule has 5 heteroatoms. The Labute approximate surface area is 124 Å². The molecule has 0 fully saturated rings. The van der Waals surface area contributed by atoms with Gasteiger partial charge in [-0.3, -0.25) is 4.98 Å². The smallest absolute Gasteiger partial charge is 0.233 e. The zero-order valence-corrected chi connectivity index (χ0v) is 12.4. The van der Waals surface area contributed by atoms with Crippen LogP contribution in [0.3, 0.4) is 0 Å². The number of hydrogen-bond acceptors (Lipinski definition) is 4. The number of pyridine rings is 2. The summed E-state index contributed by atoms with van der Waals surface area (Å²) in [4.78, 5) is 8.61. The molecule has 0 radical (unpaired) electrons. The van der Waals surface area contributed by atoms with Crippen LogP contribution in [0.1, 0.15) is 5.56 Å². The lowest BCUT2D eigenvalue weighted by atomic mass is 10.2. The first-order valence-corrected chi connectivity index (χ1v) is 6.87. The van der Waals surface area contributed by atoms with Gasteiger partial charge in [-0.2, -0.15) is 0 Å². The molecular weight excluding hydrogens is 318 g/mol. The molecule has 1 aromatic carbocycles. The zero-order valence-electron chi connectivity index (χ0n) is 10.8. The highest BCUT2D eigenvalue weighted by Crippen LogP contribution is 2.33. The highest BCUT2D eigenvalue weighted by molar-refractivity contribution is 9.10. The molecule has 0 atom stereocenters. The van der Waals surface area contributed by atoms with Crippen molar-refractivity contribution >= 4 is 32.5 Å². The van der Waals surface area contributed by atoms with Gasteiger partial charge in [-0.05, 0) is 58.7 Å². The lowest BCUT2D eigenvalue weighted by Gasteiger charge is -2.10. The van der Waals surface area contributed by atoms with Gasteiger partial charge >= 0.3 is 0 Å². The monoisotopic (exact) mass is 329 g/mol. The number of nitrogen functional groups attached to an aromatic ring is 1. The lowest BCUT2D eigenvalue weighted by Crippen LogP contribution is -1.94. The summed E-state index contributed by atoms with van der Waals surface area (Å²) < 4.78 is 6.66. The van der Waals surface area contributed by atoms with Crippen LogP contribution in [0.25, 0.3) is 10.9 Å². The van der Waals surface area contributed by atoms with Gasteiger partial charge in [0.05, 0.1) is 4.47 Å². The van der Waals surface area contributed by atoms with Crippen molar-refractivity contribution in [1.29, 1.82) is 0 Å². The van der Waals surface area contributed by atoms with Crippen LogP contribution in [-0.4, -0.2) is 9.97 Å². The normalized spacial score (nSPS) is 10.7. The maximum atomic E-state index is 5.95. The van der Waals surface area contributed by atoms with E-state index in [1.807, 2.05) is 25.1 Å². The van der Waals surface area contributed by atoms with Crippen molar-refractivity contribution in [2.24, 2.45) is 0 Å². The molecule has 0 unspecified atom stereocenters. The largest absolute Gasteiger partial charge is 0.436 e. The third kappa shape index (κ3) is 2.32. The summed E-state index contributed by atoms with van der Waals surface area (Å²) in [6.07, 6.45) is 3.47. The van der Waals surface area contributed by atoms with Crippen LogP contribution in [0, 0.1) is 6.92 Å². The van der Waals surface area contributed by atoms with Crippen LogP contribution < -0.4 is 10.5 Å². The molecule has 20 heavy (non-hydrogen) atoms. The van der Waals surface area contributed by atoms with Crippen molar-refractivity contribution in [3.8, 4) is 11.6 Å². The van der Waals surface area contributed by atoms with Crippen LogP contribution in [0.2, 0.25) is 0 Å². The number of ether oxygens (including phenoxy) is 1. The van der Waals surface area contributed by atoms with E-state index in [4.69, 9.17) is 10.5 Å². The number of halogens is 1. The van der Waals surface area contributed by atoms with Gasteiger partial charge in [0.2, 0.25) is 5.88 Å². The first-order valence-electron chi connectivity index (χ1n) is 6.08. The van der Waals surface area contributed by atoms with Crippen molar-refractivity contribution in [3.05, 3.63) is 52.8 Å². The van der Waals surface area contributed by atoms with E-state index < -0.39 is 0 Å². The molecule has 3 rings (SSSR count). The standard InChI is InChI=1S/C15H12BrN3O/c1-9-7-11(16)15(19-8-9)20-13-5-4-12(17)10-3-2-6-18-14(10)13/h2-8H,17H2,1H3. The van der Waals surface area contributed by atoms with Crippen LogP contribution >= 0.6 is 15.9 Å². The van der Waals surface area contributed by atoms with Gasteiger partial charge in [-0.1, -0.05) is 0 Å². The summed E-state index contributed by atoms with van der Waals surface area (Å²) in [5.74, 6) is 1.14. The Kier molecular flexibility index (Phi) is 3.28. The average molecular weight is 330 g/mol. The maximum absolute atomic E-state index is 5.95. The highest BCUT2D eigenvalue weighted by atomic mass is 79.9. The number of rotatable bonds is 2. The van der Waals surface area contributed by atoms with Crippen molar-refractivity contribution < 1.29 is 4.74 Å².